The van der Waals surface area contributed by atoms with E-state index in [4.69, 9.17) is 4.74 Å². The molecule has 0 radical (unpaired) electrons. The lowest BCUT2D eigenvalue weighted by Gasteiger charge is -2.13. The van der Waals surface area contributed by atoms with Gasteiger partial charge in [0.15, 0.2) is 0 Å². The Morgan fingerprint density at radius 2 is 2.00 bits per heavy atom. The predicted octanol–water partition coefficient (Wildman–Crippen LogP) is 0.680. The second-order valence-corrected chi connectivity index (χ2v) is 4.63. The fourth-order valence-corrected chi connectivity index (χ4v) is 2.17. The third kappa shape index (κ3) is 3.00. The molecule has 2 amide bonds. The number of nitrogens with one attached hydrogen (secondary N) is 1. The minimum atomic E-state index is -0.409. The number of hydrogen-bond acceptors (Lipinski definition) is 4. The van der Waals surface area contributed by atoms with Gasteiger partial charge in [-0.05, 0) is 11.1 Å². The molecule has 1 heterocycles. The highest BCUT2D eigenvalue weighted by atomic mass is 16.5. The summed E-state index contributed by atoms with van der Waals surface area (Å²) in [5.74, 6) is -0.290. The SMILES string of the molecule is COCc1ccccc1CNC1CC(=O)N(C)C1=O. The Hall–Kier alpha value is -1.72. The second kappa shape index (κ2) is 5.95. The molecule has 1 aromatic carbocycles. The van der Waals surface area contributed by atoms with Crippen LogP contribution >= 0.6 is 0 Å². The Morgan fingerprint density at radius 3 is 2.58 bits per heavy atom. The molecule has 0 spiro atoms. The zero-order chi connectivity index (χ0) is 13.8. The summed E-state index contributed by atoms with van der Waals surface area (Å²) in [5, 5.41) is 3.14. The normalized spacial score (nSPS) is 19.3. The van der Waals surface area contributed by atoms with Crippen molar-refractivity contribution in [2.24, 2.45) is 0 Å². The lowest BCUT2D eigenvalue weighted by Crippen LogP contribution is -2.36. The van der Waals surface area contributed by atoms with Crippen LogP contribution in [0.1, 0.15) is 17.5 Å². The van der Waals surface area contributed by atoms with Crippen LogP contribution in [0.2, 0.25) is 0 Å². The molecular formula is C14H18N2O3. The fourth-order valence-electron chi connectivity index (χ4n) is 2.17. The van der Waals surface area contributed by atoms with Crippen LogP contribution in [0.25, 0.3) is 0 Å². The maximum absolute atomic E-state index is 11.8. The molecule has 1 saturated heterocycles. The first-order valence-electron chi connectivity index (χ1n) is 6.23. The molecule has 5 heteroatoms. The number of carbonyl (C=O) groups is 2. The molecule has 1 aliphatic heterocycles. The van der Waals surface area contributed by atoms with Gasteiger partial charge in [-0.2, -0.15) is 0 Å². The number of benzene rings is 1. The van der Waals surface area contributed by atoms with Crippen LogP contribution < -0.4 is 5.32 Å². The van der Waals surface area contributed by atoms with E-state index in [0.29, 0.717) is 13.2 Å². The molecule has 0 aliphatic carbocycles. The maximum Gasteiger partial charge on any atom is 0.246 e. The molecule has 1 aromatic rings. The summed E-state index contributed by atoms with van der Waals surface area (Å²) in [5.41, 5.74) is 2.17. The van der Waals surface area contributed by atoms with Crippen LogP contribution in [0, 0.1) is 0 Å². The van der Waals surface area contributed by atoms with Crippen LogP contribution in [0.15, 0.2) is 24.3 Å². The van der Waals surface area contributed by atoms with E-state index in [-0.39, 0.29) is 18.2 Å². The molecule has 19 heavy (non-hydrogen) atoms. The van der Waals surface area contributed by atoms with Gasteiger partial charge in [0.25, 0.3) is 0 Å². The standard InChI is InChI=1S/C14H18N2O3/c1-16-13(17)7-12(14(16)18)15-8-10-5-3-4-6-11(10)9-19-2/h3-6,12,15H,7-9H2,1-2H3. The number of imide groups is 1. The number of nitrogens with zero attached hydrogens (tertiary/aromatic N) is 1. The first-order chi connectivity index (χ1) is 9.13. The van der Waals surface area contributed by atoms with Crippen LogP contribution in [-0.2, 0) is 27.5 Å². The summed E-state index contributed by atoms with van der Waals surface area (Å²) in [6.45, 7) is 1.09. The van der Waals surface area contributed by atoms with Gasteiger partial charge in [-0.3, -0.25) is 14.5 Å². The first kappa shape index (κ1) is 13.7. The van der Waals surface area contributed by atoms with Gasteiger partial charge in [0.2, 0.25) is 11.8 Å². The summed E-state index contributed by atoms with van der Waals surface area (Å²) in [6.07, 6.45) is 0.238. The smallest absolute Gasteiger partial charge is 0.246 e. The highest BCUT2D eigenvalue weighted by molar-refractivity contribution is 6.05. The van der Waals surface area contributed by atoms with E-state index in [0.717, 1.165) is 11.1 Å². The number of ether oxygens (including phenoxy) is 1. The van der Waals surface area contributed by atoms with Gasteiger partial charge < -0.3 is 10.1 Å². The van der Waals surface area contributed by atoms with Gasteiger partial charge in [0, 0.05) is 20.7 Å². The van der Waals surface area contributed by atoms with Crippen molar-refractivity contribution in [2.45, 2.75) is 25.6 Å². The molecule has 1 atom stereocenters. The first-order valence-corrected chi connectivity index (χ1v) is 6.23. The minimum Gasteiger partial charge on any atom is -0.380 e. The van der Waals surface area contributed by atoms with E-state index in [2.05, 4.69) is 5.32 Å². The fraction of sp³-hybridized carbons (Fsp3) is 0.429. The van der Waals surface area contributed by atoms with Gasteiger partial charge in [-0.1, -0.05) is 24.3 Å². The lowest BCUT2D eigenvalue weighted by atomic mass is 10.1. The summed E-state index contributed by atoms with van der Waals surface area (Å²) >= 11 is 0. The molecule has 1 fully saturated rings. The number of carbonyl (C=O) groups excluding carboxylic acids is 2. The van der Waals surface area contributed by atoms with Crippen molar-refractivity contribution in [3.8, 4) is 0 Å². The van der Waals surface area contributed by atoms with Crippen molar-refractivity contribution < 1.29 is 14.3 Å². The topological polar surface area (TPSA) is 58.6 Å². The number of amides is 2. The van der Waals surface area contributed by atoms with Gasteiger partial charge >= 0.3 is 0 Å². The third-order valence-corrected chi connectivity index (χ3v) is 3.34. The number of likely N-dealkylation sites (tertiary alicyclic amines) is 1. The number of hydrogen-bond donors (Lipinski definition) is 1. The average Bonchev–Trinajstić information content (AvgIpc) is 2.66. The lowest BCUT2D eigenvalue weighted by molar-refractivity contribution is -0.137. The number of methoxy groups -OCH3 is 1. The van der Waals surface area contributed by atoms with E-state index in [9.17, 15) is 9.59 Å². The van der Waals surface area contributed by atoms with Crippen molar-refractivity contribution in [3.05, 3.63) is 35.4 Å². The molecule has 0 bridgehead atoms. The van der Waals surface area contributed by atoms with Crippen molar-refractivity contribution in [1.29, 1.82) is 0 Å². The van der Waals surface area contributed by atoms with Crippen molar-refractivity contribution in [3.63, 3.8) is 0 Å². The van der Waals surface area contributed by atoms with E-state index in [1.54, 1.807) is 7.11 Å². The Kier molecular flexibility index (Phi) is 4.29. The molecule has 0 aromatic heterocycles. The quantitative estimate of drug-likeness (QED) is 0.793. The molecule has 0 saturated carbocycles. The summed E-state index contributed by atoms with van der Waals surface area (Å²) < 4.78 is 5.14. The number of rotatable bonds is 5. The van der Waals surface area contributed by atoms with Crippen LogP contribution in [0.5, 0.6) is 0 Å². The van der Waals surface area contributed by atoms with Crippen LogP contribution in [-0.4, -0.2) is 36.9 Å². The number of likely N-dealkylation sites (N-methyl/N-ethyl adjacent to an activating group) is 1. The van der Waals surface area contributed by atoms with Crippen molar-refractivity contribution >= 4 is 11.8 Å². The second-order valence-electron chi connectivity index (χ2n) is 4.63. The summed E-state index contributed by atoms with van der Waals surface area (Å²) in [4.78, 5) is 24.4. The predicted molar refractivity (Wildman–Crippen MR) is 70.2 cm³/mol. The van der Waals surface area contributed by atoms with Crippen molar-refractivity contribution in [1.82, 2.24) is 10.2 Å². The summed E-state index contributed by atoms with van der Waals surface area (Å²) in [7, 11) is 3.17. The molecule has 102 valence electrons. The zero-order valence-electron chi connectivity index (χ0n) is 11.2. The van der Waals surface area contributed by atoms with Crippen molar-refractivity contribution in [2.75, 3.05) is 14.2 Å². The Labute approximate surface area is 112 Å². The largest absolute Gasteiger partial charge is 0.380 e. The van der Waals surface area contributed by atoms with E-state index in [1.807, 2.05) is 24.3 Å². The molecular weight excluding hydrogens is 244 g/mol. The maximum atomic E-state index is 11.8. The molecule has 5 nitrogen and oxygen atoms in total. The Morgan fingerprint density at radius 1 is 1.32 bits per heavy atom. The van der Waals surface area contributed by atoms with E-state index < -0.39 is 6.04 Å². The van der Waals surface area contributed by atoms with Crippen LogP contribution in [0.3, 0.4) is 0 Å². The monoisotopic (exact) mass is 262 g/mol. The van der Waals surface area contributed by atoms with Crippen LogP contribution in [0.4, 0.5) is 0 Å². The Bertz CT molecular complexity index is 487. The van der Waals surface area contributed by atoms with Gasteiger partial charge in [-0.25, -0.2) is 0 Å². The van der Waals surface area contributed by atoms with Gasteiger partial charge in [-0.15, -0.1) is 0 Å². The van der Waals surface area contributed by atoms with Gasteiger partial charge in [0.05, 0.1) is 19.1 Å². The third-order valence-electron chi connectivity index (χ3n) is 3.34. The van der Waals surface area contributed by atoms with Gasteiger partial charge in [0.1, 0.15) is 0 Å². The highest BCUT2D eigenvalue weighted by Gasteiger charge is 2.35. The zero-order valence-corrected chi connectivity index (χ0v) is 11.2. The van der Waals surface area contributed by atoms with E-state index >= 15 is 0 Å². The average molecular weight is 262 g/mol. The Balaban J connectivity index is 2.00. The van der Waals surface area contributed by atoms with E-state index in [1.165, 1.54) is 11.9 Å². The molecule has 2 rings (SSSR count). The highest BCUT2D eigenvalue weighted by Crippen LogP contribution is 2.14. The molecule has 1 unspecified atom stereocenters. The summed E-state index contributed by atoms with van der Waals surface area (Å²) in [6, 6.07) is 7.48. The molecule has 1 aliphatic rings. The minimum absolute atomic E-state index is 0.132. The molecule has 1 N–H and O–H groups in total.